The van der Waals surface area contributed by atoms with Crippen molar-refractivity contribution < 1.29 is 13.2 Å². The van der Waals surface area contributed by atoms with E-state index in [1.807, 2.05) is 11.9 Å². The maximum absolute atomic E-state index is 12.4. The van der Waals surface area contributed by atoms with Gasteiger partial charge in [-0.1, -0.05) is 0 Å². The fraction of sp³-hybridized carbons (Fsp3) is 0.632. The summed E-state index contributed by atoms with van der Waals surface area (Å²) in [6.45, 7) is 4.26. The molecule has 1 unspecified atom stereocenters. The minimum atomic E-state index is -3.06. The number of aromatic nitrogens is 3. The third-order valence-electron chi connectivity index (χ3n) is 6.02. The standard InChI is InChI=1S/C19H27N5O3S/c1-13-8-16-18(22(13)2)19(21-12-20-16)23-6-4-15(5-7-23)24-10-14(9-17(24)25)11-28(3,26)27/h8,12,14-15H,4-7,9-11H2,1-3H3. The second kappa shape index (κ2) is 7.02. The highest BCUT2D eigenvalue weighted by molar-refractivity contribution is 7.90. The maximum atomic E-state index is 12.4. The molecule has 2 aliphatic rings. The third kappa shape index (κ3) is 3.59. The van der Waals surface area contributed by atoms with E-state index in [0.717, 1.165) is 48.5 Å². The number of carbonyl (C=O) groups excluding carboxylic acids is 1. The van der Waals surface area contributed by atoms with Gasteiger partial charge < -0.3 is 14.4 Å². The summed E-state index contributed by atoms with van der Waals surface area (Å²) in [6.07, 6.45) is 4.94. The van der Waals surface area contributed by atoms with Gasteiger partial charge in [0, 0.05) is 51.1 Å². The molecule has 0 saturated carbocycles. The first-order valence-electron chi connectivity index (χ1n) is 9.72. The molecule has 1 atom stereocenters. The van der Waals surface area contributed by atoms with Crippen molar-refractivity contribution >= 4 is 32.6 Å². The van der Waals surface area contributed by atoms with E-state index in [1.165, 1.54) is 6.26 Å². The molecule has 4 heterocycles. The third-order valence-corrected chi connectivity index (χ3v) is 7.10. The molecule has 28 heavy (non-hydrogen) atoms. The number of likely N-dealkylation sites (tertiary alicyclic amines) is 1. The number of carbonyl (C=O) groups is 1. The number of aryl methyl sites for hydroxylation is 2. The van der Waals surface area contributed by atoms with E-state index in [9.17, 15) is 13.2 Å². The lowest BCUT2D eigenvalue weighted by molar-refractivity contribution is -0.130. The summed E-state index contributed by atoms with van der Waals surface area (Å²) >= 11 is 0. The van der Waals surface area contributed by atoms with Crippen LogP contribution in [0.1, 0.15) is 25.0 Å². The van der Waals surface area contributed by atoms with Crippen LogP contribution in [0.3, 0.4) is 0 Å². The summed E-state index contributed by atoms with van der Waals surface area (Å²) in [6, 6.07) is 2.25. The molecule has 2 aliphatic heterocycles. The first kappa shape index (κ1) is 19.2. The van der Waals surface area contributed by atoms with Gasteiger partial charge in [-0.25, -0.2) is 18.4 Å². The summed E-state index contributed by atoms with van der Waals surface area (Å²) in [4.78, 5) is 25.5. The van der Waals surface area contributed by atoms with Crippen LogP contribution in [-0.4, -0.2) is 71.4 Å². The van der Waals surface area contributed by atoms with Crippen molar-refractivity contribution in [2.75, 3.05) is 36.5 Å². The Balaban J connectivity index is 1.45. The molecule has 9 heteroatoms. The Bertz CT molecular complexity index is 1010. The number of sulfone groups is 1. The highest BCUT2D eigenvalue weighted by atomic mass is 32.2. The van der Waals surface area contributed by atoms with E-state index in [-0.39, 0.29) is 23.6 Å². The number of hydrogen-bond acceptors (Lipinski definition) is 6. The number of anilines is 1. The number of amides is 1. The van der Waals surface area contributed by atoms with Crippen molar-refractivity contribution in [1.29, 1.82) is 0 Å². The minimum absolute atomic E-state index is 0.0756. The molecular weight excluding hydrogens is 378 g/mol. The Morgan fingerprint density at radius 2 is 1.93 bits per heavy atom. The number of nitrogens with zero attached hydrogens (tertiary/aromatic N) is 5. The molecule has 0 aromatic carbocycles. The molecule has 0 aliphatic carbocycles. The molecule has 0 N–H and O–H groups in total. The lowest BCUT2D eigenvalue weighted by atomic mass is 10.0. The van der Waals surface area contributed by atoms with E-state index in [4.69, 9.17) is 0 Å². The minimum Gasteiger partial charge on any atom is -0.355 e. The summed E-state index contributed by atoms with van der Waals surface area (Å²) < 4.78 is 25.2. The van der Waals surface area contributed by atoms with Crippen LogP contribution in [0.15, 0.2) is 12.4 Å². The second-order valence-corrected chi connectivity index (χ2v) is 10.4. The van der Waals surface area contributed by atoms with Gasteiger partial charge in [-0.3, -0.25) is 4.79 Å². The fourth-order valence-electron chi connectivity index (χ4n) is 4.60. The zero-order valence-electron chi connectivity index (χ0n) is 16.6. The predicted octanol–water partition coefficient (Wildman–Crippen LogP) is 1.14. The van der Waals surface area contributed by atoms with Crippen LogP contribution in [0.4, 0.5) is 5.82 Å². The number of piperidine rings is 1. The molecule has 0 bridgehead atoms. The molecule has 4 rings (SSSR count). The van der Waals surface area contributed by atoms with Crippen LogP contribution in [-0.2, 0) is 21.7 Å². The molecule has 2 saturated heterocycles. The highest BCUT2D eigenvalue weighted by Gasteiger charge is 2.37. The average molecular weight is 406 g/mol. The average Bonchev–Trinajstić information content (AvgIpc) is 3.13. The van der Waals surface area contributed by atoms with Crippen molar-refractivity contribution in [3.63, 3.8) is 0 Å². The Morgan fingerprint density at radius 1 is 1.21 bits per heavy atom. The lowest BCUT2D eigenvalue weighted by Crippen LogP contribution is -2.46. The van der Waals surface area contributed by atoms with Crippen molar-refractivity contribution in [2.24, 2.45) is 13.0 Å². The topological polar surface area (TPSA) is 88.4 Å². The van der Waals surface area contributed by atoms with Gasteiger partial charge in [-0.05, 0) is 31.7 Å². The largest absolute Gasteiger partial charge is 0.355 e. The van der Waals surface area contributed by atoms with Crippen LogP contribution in [0.25, 0.3) is 11.0 Å². The number of rotatable bonds is 4. The lowest BCUT2D eigenvalue weighted by Gasteiger charge is -2.37. The molecule has 0 radical (unpaired) electrons. The molecule has 2 fully saturated rings. The van der Waals surface area contributed by atoms with E-state index in [1.54, 1.807) is 6.33 Å². The second-order valence-electron chi connectivity index (χ2n) is 8.20. The zero-order valence-corrected chi connectivity index (χ0v) is 17.4. The van der Waals surface area contributed by atoms with Gasteiger partial charge in [0.05, 0.1) is 11.3 Å². The van der Waals surface area contributed by atoms with Gasteiger partial charge in [-0.2, -0.15) is 0 Å². The monoisotopic (exact) mass is 405 g/mol. The summed E-state index contributed by atoms with van der Waals surface area (Å²) in [5.74, 6) is 1.06. The smallest absolute Gasteiger partial charge is 0.223 e. The van der Waals surface area contributed by atoms with Crippen molar-refractivity contribution in [3.8, 4) is 0 Å². The van der Waals surface area contributed by atoms with E-state index < -0.39 is 9.84 Å². The molecule has 0 spiro atoms. The molecule has 152 valence electrons. The first-order valence-corrected chi connectivity index (χ1v) is 11.8. The van der Waals surface area contributed by atoms with E-state index >= 15 is 0 Å². The molecule has 2 aromatic rings. The van der Waals surface area contributed by atoms with Gasteiger partial charge in [0.1, 0.15) is 21.7 Å². The number of hydrogen-bond donors (Lipinski definition) is 0. The van der Waals surface area contributed by atoms with Crippen LogP contribution >= 0.6 is 0 Å². The Hall–Kier alpha value is -2.16. The van der Waals surface area contributed by atoms with Crippen molar-refractivity contribution in [1.82, 2.24) is 19.4 Å². The SMILES string of the molecule is Cc1cc2ncnc(N3CCC(N4CC(CS(C)(=O)=O)CC4=O)CC3)c2n1C. The molecule has 2 aromatic heterocycles. The van der Waals surface area contributed by atoms with Crippen LogP contribution in [0.2, 0.25) is 0 Å². The molecule has 8 nitrogen and oxygen atoms in total. The van der Waals surface area contributed by atoms with Gasteiger partial charge in [0.15, 0.2) is 5.82 Å². The van der Waals surface area contributed by atoms with Gasteiger partial charge >= 0.3 is 0 Å². The Morgan fingerprint density at radius 3 is 2.61 bits per heavy atom. The fourth-order valence-corrected chi connectivity index (χ4v) is 5.68. The van der Waals surface area contributed by atoms with Gasteiger partial charge in [-0.15, -0.1) is 0 Å². The molecule has 1 amide bonds. The first-order chi connectivity index (χ1) is 13.2. The van der Waals surface area contributed by atoms with Gasteiger partial charge in [0.2, 0.25) is 5.91 Å². The normalized spacial score (nSPS) is 21.8. The van der Waals surface area contributed by atoms with Gasteiger partial charge in [0.25, 0.3) is 0 Å². The molecular formula is C19H27N5O3S. The van der Waals surface area contributed by atoms with Crippen LogP contribution in [0.5, 0.6) is 0 Å². The highest BCUT2D eigenvalue weighted by Crippen LogP contribution is 2.30. The maximum Gasteiger partial charge on any atom is 0.223 e. The summed E-state index contributed by atoms with van der Waals surface area (Å²) in [5.41, 5.74) is 3.14. The zero-order chi connectivity index (χ0) is 20.1. The number of fused-ring (bicyclic) bond motifs is 1. The predicted molar refractivity (Wildman–Crippen MR) is 108 cm³/mol. The quantitative estimate of drug-likeness (QED) is 0.758. The van der Waals surface area contributed by atoms with E-state index in [0.29, 0.717) is 13.0 Å². The van der Waals surface area contributed by atoms with Crippen LogP contribution in [0, 0.1) is 12.8 Å². The summed E-state index contributed by atoms with van der Waals surface area (Å²) in [5, 5.41) is 0. The van der Waals surface area contributed by atoms with Crippen molar-refractivity contribution in [3.05, 3.63) is 18.1 Å². The Kier molecular flexibility index (Phi) is 4.81. The Labute approximate surface area is 165 Å². The van der Waals surface area contributed by atoms with Crippen LogP contribution < -0.4 is 4.90 Å². The summed E-state index contributed by atoms with van der Waals surface area (Å²) in [7, 11) is -1.03. The van der Waals surface area contributed by atoms with Crippen molar-refractivity contribution in [2.45, 2.75) is 32.2 Å². The van der Waals surface area contributed by atoms with E-state index in [2.05, 4.69) is 32.4 Å².